The summed E-state index contributed by atoms with van der Waals surface area (Å²) in [5, 5.41) is 11.4. The van der Waals surface area contributed by atoms with E-state index in [4.69, 9.17) is 9.47 Å². The second kappa shape index (κ2) is 11.2. The summed E-state index contributed by atoms with van der Waals surface area (Å²) >= 11 is 0. The lowest BCUT2D eigenvalue weighted by molar-refractivity contribution is -0.140. The molecule has 2 aliphatic rings. The van der Waals surface area contributed by atoms with Crippen LogP contribution in [0.3, 0.4) is 0 Å². The summed E-state index contributed by atoms with van der Waals surface area (Å²) < 4.78 is 11.7. The van der Waals surface area contributed by atoms with E-state index in [0.29, 0.717) is 31.0 Å². The number of benzene rings is 2. The Morgan fingerprint density at radius 1 is 1.17 bits per heavy atom. The molecule has 0 radical (unpaired) electrons. The normalized spacial score (nSPS) is 20.6. The number of hydrogen-bond donors (Lipinski definition) is 1. The van der Waals surface area contributed by atoms with Gasteiger partial charge < -0.3 is 24.4 Å². The molecule has 4 rings (SSSR count). The first kappa shape index (κ1) is 25.8. The Morgan fingerprint density at radius 2 is 1.97 bits per heavy atom. The van der Waals surface area contributed by atoms with E-state index >= 15 is 0 Å². The molecular weight excluding hydrogens is 456 g/mol. The van der Waals surface area contributed by atoms with Crippen molar-refractivity contribution in [2.45, 2.75) is 51.7 Å². The average Bonchev–Trinajstić information content (AvgIpc) is 3.35. The first-order valence-electron chi connectivity index (χ1n) is 12.8. The molecule has 0 bridgehead atoms. The van der Waals surface area contributed by atoms with Crippen molar-refractivity contribution in [3.05, 3.63) is 64.7 Å². The van der Waals surface area contributed by atoms with Crippen molar-refractivity contribution >= 4 is 17.4 Å². The molecule has 0 spiro atoms. The summed E-state index contributed by atoms with van der Waals surface area (Å²) in [5.41, 5.74) is 2.33. The lowest BCUT2D eigenvalue weighted by Crippen LogP contribution is -2.35. The van der Waals surface area contributed by atoms with E-state index < -0.39 is 17.7 Å². The molecule has 1 amide bonds. The monoisotopic (exact) mass is 492 g/mol. The summed E-state index contributed by atoms with van der Waals surface area (Å²) in [7, 11) is 3.84. The van der Waals surface area contributed by atoms with Crippen LogP contribution in [0.1, 0.15) is 55.8 Å². The van der Waals surface area contributed by atoms with Crippen molar-refractivity contribution in [3.63, 3.8) is 0 Å². The standard InChI is InChI=1S/C29H36N2O5/c1-5-6-7-15-35-23-10-8-9-20(18-23)26-25(28(33)29(34)31(26)14-13-30(3)4)27(32)21-11-12-24-22(17-21)16-19(2)36-24/h8-12,17-19,26,32H,5-7,13-16H2,1-4H3/b27-25+/t19-,26-/m0/s1. The first-order valence-corrected chi connectivity index (χ1v) is 12.8. The van der Waals surface area contributed by atoms with Gasteiger partial charge in [0, 0.05) is 25.1 Å². The molecule has 2 aromatic carbocycles. The Labute approximate surface area is 213 Å². The Hall–Kier alpha value is -3.32. The van der Waals surface area contributed by atoms with Crippen LogP contribution in [0.15, 0.2) is 48.0 Å². The largest absolute Gasteiger partial charge is 0.507 e. The van der Waals surface area contributed by atoms with Crippen LogP contribution < -0.4 is 9.47 Å². The maximum Gasteiger partial charge on any atom is 0.295 e. The molecule has 2 heterocycles. The zero-order valence-electron chi connectivity index (χ0n) is 21.6. The highest BCUT2D eigenvalue weighted by Gasteiger charge is 2.46. The number of likely N-dealkylation sites (N-methyl/N-ethyl adjacent to an activating group) is 1. The number of aliphatic hydroxyl groups excluding tert-OH is 1. The number of hydrogen-bond acceptors (Lipinski definition) is 6. The highest BCUT2D eigenvalue weighted by atomic mass is 16.5. The number of ether oxygens (including phenoxy) is 2. The van der Waals surface area contributed by atoms with Crippen molar-refractivity contribution in [2.75, 3.05) is 33.8 Å². The van der Waals surface area contributed by atoms with Crippen LogP contribution >= 0.6 is 0 Å². The number of fused-ring (bicyclic) bond motifs is 1. The summed E-state index contributed by atoms with van der Waals surface area (Å²) in [4.78, 5) is 30.0. The van der Waals surface area contributed by atoms with Gasteiger partial charge in [-0.3, -0.25) is 9.59 Å². The number of nitrogens with zero attached hydrogens (tertiary/aromatic N) is 2. The van der Waals surface area contributed by atoms with Gasteiger partial charge in [-0.2, -0.15) is 0 Å². The quantitative estimate of drug-likeness (QED) is 0.227. The van der Waals surface area contributed by atoms with Gasteiger partial charge in [0.15, 0.2) is 0 Å². The SMILES string of the molecule is CCCCCOc1cccc([C@H]2/C(=C(\O)c3ccc4c(c3)C[C@H](C)O4)C(=O)C(=O)N2CCN(C)C)c1. The van der Waals surface area contributed by atoms with Gasteiger partial charge in [-0.15, -0.1) is 0 Å². The molecule has 2 aliphatic heterocycles. The second-order valence-electron chi connectivity index (χ2n) is 9.88. The molecule has 2 atom stereocenters. The predicted molar refractivity (Wildman–Crippen MR) is 139 cm³/mol. The van der Waals surface area contributed by atoms with Crippen LogP contribution in [-0.2, 0) is 16.0 Å². The van der Waals surface area contributed by atoms with E-state index in [-0.39, 0.29) is 17.4 Å². The van der Waals surface area contributed by atoms with Crippen molar-refractivity contribution < 1.29 is 24.2 Å². The topological polar surface area (TPSA) is 79.3 Å². The van der Waals surface area contributed by atoms with E-state index in [0.717, 1.165) is 42.6 Å². The molecule has 2 aromatic rings. The van der Waals surface area contributed by atoms with E-state index in [1.165, 1.54) is 0 Å². The van der Waals surface area contributed by atoms with Crippen molar-refractivity contribution in [1.29, 1.82) is 0 Å². The number of carbonyl (C=O) groups is 2. The molecule has 0 saturated carbocycles. The number of rotatable bonds is 10. The second-order valence-corrected chi connectivity index (χ2v) is 9.88. The van der Waals surface area contributed by atoms with Gasteiger partial charge in [-0.25, -0.2) is 0 Å². The summed E-state index contributed by atoms with van der Waals surface area (Å²) in [6.07, 6.45) is 3.96. The number of ketones is 1. The summed E-state index contributed by atoms with van der Waals surface area (Å²) in [6.45, 7) is 5.69. The fourth-order valence-electron chi connectivity index (χ4n) is 4.81. The van der Waals surface area contributed by atoms with Crippen LogP contribution in [0, 0.1) is 0 Å². The Balaban J connectivity index is 1.74. The molecule has 0 aromatic heterocycles. The van der Waals surface area contributed by atoms with E-state index in [1.807, 2.05) is 62.3 Å². The summed E-state index contributed by atoms with van der Waals surface area (Å²) in [5.74, 6) is 0.0363. The molecule has 192 valence electrons. The van der Waals surface area contributed by atoms with Gasteiger partial charge in [0.05, 0.1) is 18.2 Å². The molecule has 7 heteroatoms. The number of carbonyl (C=O) groups excluding carboxylic acids is 2. The van der Waals surface area contributed by atoms with Crippen molar-refractivity contribution in [2.24, 2.45) is 0 Å². The van der Waals surface area contributed by atoms with Gasteiger partial charge in [0.1, 0.15) is 23.4 Å². The minimum absolute atomic E-state index is 0.0640. The van der Waals surface area contributed by atoms with E-state index in [1.54, 1.807) is 11.0 Å². The first-order chi connectivity index (χ1) is 17.3. The number of Topliss-reactive ketones (excluding diaryl/α,β-unsaturated/α-hetero) is 1. The molecule has 36 heavy (non-hydrogen) atoms. The van der Waals surface area contributed by atoms with Crippen LogP contribution in [-0.4, -0.2) is 66.5 Å². The van der Waals surface area contributed by atoms with Gasteiger partial charge in [0.2, 0.25) is 0 Å². The highest BCUT2D eigenvalue weighted by Crippen LogP contribution is 2.41. The Bertz CT molecular complexity index is 1160. The van der Waals surface area contributed by atoms with Crippen molar-refractivity contribution in [1.82, 2.24) is 9.80 Å². The molecule has 7 nitrogen and oxygen atoms in total. The Kier molecular flexibility index (Phi) is 7.99. The highest BCUT2D eigenvalue weighted by molar-refractivity contribution is 6.46. The zero-order valence-corrected chi connectivity index (χ0v) is 21.6. The minimum Gasteiger partial charge on any atom is -0.507 e. The van der Waals surface area contributed by atoms with Crippen LogP contribution in [0.2, 0.25) is 0 Å². The molecule has 0 unspecified atom stereocenters. The number of aliphatic hydroxyl groups is 1. The van der Waals surface area contributed by atoms with E-state index in [2.05, 4.69) is 6.92 Å². The van der Waals surface area contributed by atoms with Gasteiger partial charge in [-0.1, -0.05) is 31.9 Å². The fourth-order valence-corrected chi connectivity index (χ4v) is 4.81. The van der Waals surface area contributed by atoms with Crippen molar-refractivity contribution in [3.8, 4) is 11.5 Å². The van der Waals surface area contributed by atoms with Crippen LogP contribution in [0.5, 0.6) is 11.5 Å². The molecule has 1 saturated heterocycles. The smallest absolute Gasteiger partial charge is 0.295 e. The number of unbranched alkanes of at least 4 members (excludes halogenated alkanes) is 2. The van der Waals surface area contributed by atoms with E-state index in [9.17, 15) is 14.7 Å². The van der Waals surface area contributed by atoms with Crippen LogP contribution in [0.25, 0.3) is 5.76 Å². The fraction of sp³-hybridized carbons (Fsp3) is 0.448. The maximum absolute atomic E-state index is 13.3. The molecule has 0 aliphatic carbocycles. The third kappa shape index (κ3) is 5.41. The average molecular weight is 493 g/mol. The zero-order chi connectivity index (χ0) is 25.8. The molecule has 1 fully saturated rings. The molecule has 1 N–H and O–H groups in total. The van der Waals surface area contributed by atoms with Gasteiger partial charge >= 0.3 is 0 Å². The summed E-state index contributed by atoms with van der Waals surface area (Å²) in [6, 6.07) is 12.2. The van der Waals surface area contributed by atoms with Gasteiger partial charge in [-0.05, 0) is 68.9 Å². The third-order valence-corrected chi connectivity index (χ3v) is 6.69. The predicted octanol–water partition coefficient (Wildman–Crippen LogP) is 4.56. The lowest BCUT2D eigenvalue weighted by Gasteiger charge is -2.27. The lowest BCUT2D eigenvalue weighted by atomic mass is 9.94. The molecular formula is C29H36N2O5. The number of amides is 1. The van der Waals surface area contributed by atoms with Crippen LogP contribution in [0.4, 0.5) is 0 Å². The van der Waals surface area contributed by atoms with Gasteiger partial charge in [0.25, 0.3) is 11.7 Å². The maximum atomic E-state index is 13.3. The minimum atomic E-state index is -0.701. The Morgan fingerprint density at radius 3 is 2.72 bits per heavy atom. The number of likely N-dealkylation sites (tertiary alicyclic amines) is 1. The third-order valence-electron chi connectivity index (χ3n) is 6.69.